The lowest BCUT2D eigenvalue weighted by atomic mass is 9.69. The van der Waals surface area contributed by atoms with Crippen molar-refractivity contribution in [1.29, 1.82) is 0 Å². The molecule has 3 atom stereocenters. The number of rotatable bonds is 5. The molecule has 0 aliphatic heterocycles. The number of nitrogens with one attached hydrogen (secondary N) is 1. The highest BCUT2D eigenvalue weighted by atomic mass is 16.4. The van der Waals surface area contributed by atoms with Gasteiger partial charge in [0.1, 0.15) is 0 Å². The van der Waals surface area contributed by atoms with E-state index in [9.17, 15) is 14.7 Å². The van der Waals surface area contributed by atoms with Crippen molar-refractivity contribution in [3.8, 4) is 0 Å². The summed E-state index contributed by atoms with van der Waals surface area (Å²) in [5.41, 5.74) is -0.662. The zero-order valence-corrected chi connectivity index (χ0v) is 11.4. The maximum absolute atomic E-state index is 12.0. The number of aliphatic carboxylic acids is 1. The minimum absolute atomic E-state index is 0.0603. The number of fused-ring (bicyclic) bond motifs is 2. The highest BCUT2D eigenvalue weighted by Gasteiger charge is 2.45. The number of carbonyl (C=O) groups is 2. The Morgan fingerprint density at radius 2 is 2.00 bits per heavy atom. The van der Waals surface area contributed by atoms with E-state index in [4.69, 9.17) is 0 Å². The van der Waals surface area contributed by atoms with E-state index in [1.54, 1.807) is 0 Å². The Morgan fingerprint density at radius 3 is 2.47 bits per heavy atom. The lowest BCUT2D eigenvalue weighted by Gasteiger charge is -2.37. The number of hydrogen-bond donors (Lipinski definition) is 2. The van der Waals surface area contributed by atoms with Crippen LogP contribution in [0.15, 0.2) is 0 Å². The third-order valence-electron chi connectivity index (χ3n) is 5.72. The van der Waals surface area contributed by atoms with Crippen molar-refractivity contribution < 1.29 is 14.7 Å². The molecule has 19 heavy (non-hydrogen) atoms. The number of carbonyl (C=O) groups excluding carboxylic acids is 1. The van der Waals surface area contributed by atoms with Gasteiger partial charge in [0.2, 0.25) is 5.91 Å². The number of carboxylic acid groups (broad SMARTS) is 1. The van der Waals surface area contributed by atoms with Crippen LogP contribution in [-0.4, -0.2) is 23.5 Å². The molecule has 0 spiro atoms. The zero-order valence-electron chi connectivity index (χ0n) is 11.4. The van der Waals surface area contributed by atoms with Gasteiger partial charge in [0.25, 0.3) is 0 Å². The second-order valence-corrected chi connectivity index (χ2v) is 6.85. The summed E-state index contributed by atoms with van der Waals surface area (Å²) in [4.78, 5) is 23.2. The van der Waals surface area contributed by atoms with Crippen LogP contribution in [0.1, 0.15) is 51.4 Å². The van der Waals surface area contributed by atoms with Gasteiger partial charge in [0, 0.05) is 13.0 Å². The zero-order chi connectivity index (χ0) is 13.5. The second-order valence-electron chi connectivity index (χ2n) is 6.85. The third kappa shape index (κ3) is 2.37. The monoisotopic (exact) mass is 265 g/mol. The first kappa shape index (κ1) is 12.9. The molecule has 2 bridgehead atoms. The summed E-state index contributed by atoms with van der Waals surface area (Å²) in [6, 6.07) is 0. The molecular weight excluding hydrogens is 242 g/mol. The Hall–Kier alpha value is -1.06. The fraction of sp³-hybridized carbons (Fsp3) is 0.867. The van der Waals surface area contributed by atoms with E-state index in [1.807, 2.05) is 0 Å². The van der Waals surface area contributed by atoms with Crippen LogP contribution in [0.25, 0.3) is 0 Å². The first-order chi connectivity index (χ1) is 9.09. The lowest BCUT2D eigenvalue weighted by molar-refractivity contribution is -0.154. The molecule has 0 heterocycles. The summed E-state index contributed by atoms with van der Waals surface area (Å²) in [6.07, 6.45) is 8.16. The second kappa shape index (κ2) is 4.80. The summed E-state index contributed by atoms with van der Waals surface area (Å²) in [5, 5.41) is 12.1. The molecule has 3 aliphatic rings. The topological polar surface area (TPSA) is 66.4 Å². The standard InChI is InChI=1S/C15H23NO3/c17-13(8-12-7-10-2-3-11(12)6-10)16-9-15(14(18)19)4-1-5-15/h10-12H,1-9H2,(H,16,17)(H,18,19). The normalized spacial score (nSPS) is 34.8. The van der Waals surface area contributed by atoms with E-state index in [1.165, 1.54) is 25.7 Å². The van der Waals surface area contributed by atoms with E-state index in [0.29, 0.717) is 31.7 Å². The molecule has 0 aromatic rings. The van der Waals surface area contributed by atoms with Crippen LogP contribution in [0.2, 0.25) is 0 Å². The van der Waals surface area contributed by atoms with Crippen molar-refractivity contribution >= 4 is 11.9 Å². The van der Waals surface area contributed by atoms with Gasteiger partial charge in [0.15, 0.2) is 0 Å². The average Bonchev–Trinajstić information content (AvgIpc) is 2.88. The van der Waals surface area contributed by atoms with Gasteiger partial charge in [-0.3, -0.25) is 9.59 Å². The Morgan fingerprint density at radius 1 is 1.21 bits per heavy atom. The fourth-order valence-corrected chi connectivity index (χ4v) is 4.27. The predicted octanol–water partition coefficient (Wildman–Crippen LogP) is 2.18. The van der Waals surface area contributed by atoms with Gasteiger partial charge >= 0.3 is 5.97 Å². The maximum Gasteiger partial charge on any atom is 0.311 e. The Labute approximate surface area is 113 Å². The minimum Gasteiger partial charge on any atom is -0.481 e. The van der Waals surface area contributed by atoms with Crippen LogP contribution in [0.4, 0.5) is 0 Å². The van der Waals surface area contributed by atoms with Crippen LogP contribution in [0.5, 0.6) is 0 Å². The lowest BCUT2D eigenvalue weighted by Crippen LogP contribution is -2.47. The molecule has 4 heteroatoms. The van der Waals surface area contributed by atoms with E-state index in [0.717, 1.165) is 18.3 Å². The fourth-order valence-electron chi connectivity index (χ4n) is 4.27. The van der Waals surface area contributed by atoms with Gasteiger partial charge in [-0.1, -0.05) is 12.8 Å². The molecule has 2 N–H and O–H groups in total. The number of hydrogen-bond acceptors (Lipinski definition) is 2. The molecule has 3 rings (SSSR count). The van der Waals surface area contributed by atoms with Crippen LogP contribution in [0.3, 0.4) is 0 Å². The van der Waals surface area contributed by atoms with E-state index in [2.05, 4.69) is 5.32 Å². The summed E-state index contributed by atoms with van der Waals surface area (Å²) >= 11 is 0. The first-order valence-electron chi connectivity index (χ1n) is 7.59. The Balaban J connectivity index is 1.45. The smallest absolute Gasteiger partial charge is 0.311 e. The van der Waals surface area contributed by atoms with Gasteiger partial charge in [0.05, 0.1) is 5.41 Å². The molecule has 3 saturated carbocycles. The average molecular weight is 265 g/mol. The highest BCUT2D eigenvalue weighted by Crippen LogP contribution is 2.49. The molecule has 4 nitrogen and oxygen atoms in total. The van der Waals surface area contributed by atoms with E-state index < -0.39 is 11.4 Å². The minimum atomic E-state index is -0.751. The molecule has 1 amide bonds. The van der Waals surface area contributed by atoms with Crippen LogP contribution < -0.4 is 5.32 Å². The van der Waals surface area contributed by atoms with Crippen molar-refractivity contribution in [1.82, 2.24) is 5.32 Å². The SMILES string of the molecule is O=C(CC1CC2CCC1C2)NCC1(C(=O)O)CCC1. The number of carboxylic acids is 1. The van der Waals surface area contributed by atoms with Crippen molar-refractivity contribution in [2.75, 3.05) is 6.54 Å². The maximum atomic E-state index is 12.0. The van der Waals surface area contributed by atoms with Gasteiger partial charge in [-0.05, 0) is 49.9 Å². The van der Waals surface area contributed by atoms with Gasteiger partial charge in [-0.15, -0.1) is 0 Å². The third-order valence-corrected chi connectivity index (χ3v) is 5.72. The molecule has 106 valence electrons. The van der Waals surface area contributed by atoms with Gasteiger partial charge < -0.3 is 10.4 Å². The molecular formula is C15H23NO3. The highest BCUT2D eigenvalue weighted by molar-refractivity contribution is 5.79. The largest absolute Gasteiger partial charge is 0.481 e. The van der Waals surface area contributed by atoms with Crippen molar-refractivity contribution in [2.24, 2.45) is 23.2 Å². The molecule has 3 aliphatic carbocycles. The molecule has 0 aromatic carbocycles. The van der Waals surface area contributed by atoms with Crippen LogP contribution in [0, 0.1) is 23.2 Å². The molecule has 0 aromatic heterocycles. The summed E-state index contributed by atoms with van der Waals surface area (Å²) in [5.74, 6) is 1.48. The first-order valence-corrected chi connectivity index (χ1v) is 7.59. The summed E-state index contributed by atoms with van der Waals surface area (Å²) in [6.45, 7) is 0.321. The molecule has 3 fully saturated rings. The van der Waals surface area contributed by atoms with Gasteiger partial charge in [-0.2, -0.15) is 0 Å². The van der Waals surface area contributed by atoms with E-state index in [-0.39, 0.29) is 5.91 Å². The Bertz CT molecular complexity index is 389. The van der Waals surface area contributed by atoms with E-state index >= 15 is 0 Å². The van der Waals surface area contributed by atoms with Crippen molar-refractivity contribution in [2.45, 2.75) is 51.4 Å². The van der Waals surface area contributed by atoms with Gasteiger partial charge in [-0.25, -0.2) is 0 Å². The predicted molar refractivity (Wildman–Crippen MR) is 70.5 cm³/mol. The Kier molecular flexibility index (Phi) is 3.27. The molecule has 0 radical (unpaired) electrons. The van der Waals surface area contributed by atoms with Crippen molar-refractivity contribution in [3.63, 3.8) is 0 Å². The van der Waals surface area contributed by atoms with Crippen LogP contribution >= 0.6 is 0 Å². The molecule has 3 unspecified atom stereocenters. The van der Waals surface area contributed by atoms with Crippen LogP contribution in [-0.2, 0) is 9.59 Å². The quantitative estimate of drug-likeness (QED) is 0.800. The number of amides is 1. The summed E-state index contributed by atoms with van der Waals surface area (Å²) in [7, 11) is 0. The van der Waals surface area contributed by atoms with Crippen molar-refractivity contribution in [3.05, 3.63) is 0 Å². The summed E-state index contributed by atoms with van der Waals surface area (Å²) < 4.78 is 0. The molecule has 0 saturated heterocycles.